The lowest BCUT2D eigenvalue weighted by molar-refractivity contribution is 0.953. The number of hydrogen-bond acceptors (Lipinski definition) is 3. The van der Waals surface area contributed by atoms with E-state index in [1.54, 1.807) is 0 Å². The predicted molar refractivity (Wildman–Crippen MR) is 179 cm³/mol. The summed E-state index contributed by atoms with van der Waals surface area (Å²) in [6.07, 6.45) is 0. The quantitative estimate of drug-likeness (QED) is 0.214. The Morgan fingerprint density at radius 3 is 1.30 bits per heavy atom. The van der Waals surface area contributed by atoms with E-state index >= 15 is 0 Å². The molecule has 5 heteroatoms. The molecule has 0 bridgehead atoms. The summed E-state index contributed by atoms with van der Waals surface area (Å²) < 4.78 is 4.53. The van der Waals surface area contributed by atoms with E-state index in [-0.39, 0.29) is 0 Å². The molecule has 0 atom stereocenters. The van der Waals surface area contributed by atoms with Gasteiger partial charge in [-0.15, -0.1) is 0 Å². The second-order valence-corrected chi connectivity index (χ2v) is 10.9. The van der Waals surface area contributed by atoms with Crippen LogP contribution in [-0.2, 0) is 0 Å². The van der Waals surface area contributed by atoms with Crippen LogP contribution < -0.4 is 0 Å². The lowest BCUT2D eigenvalue weighted by atomic mass is 10.1. The summed E-state index contributed by atoms with van der Waals surface area (Å²) in [4.78, 5) is 15.1. The van der Waals surface area contributed by atoms with Gasteiger partial charge in [0.15, 0.2) is 11.6 Å². The van der Waals surface area contributed by atoms with Gasteiger partial charge in [0.1, 0.15) is 0 Å². The molecule has 0 aliphatic rings. The Morgan fingerprint density at radius 2 is 0.773 bits per heavy atom. The normalized spacial score (nSPS) is 11.6. The van der Waals surface area contributed by atoms with Crippen molar-refractivity contribution in [2.24, 2.45) is 0 Å². The molecule has 9 aromatic rings. The fourth-order valence-electron chi connectivity index (χ4n) is 6.41. The van der Waals surface area contributed by atoms with Gasteiger partial charge < -0.3 is 4.57 Å². The van der Waals surface area contributed by atoms with Crippen molar-refractivity contribution >= 4 is 43.6 Å². The highest BCUT2D eigenvalue weighted by Crippen LogP contribution is 2.36. The van der Waals surface area contributed by atoms with Gasteiger partial charge in [-0.3, -0.25) is 4.57 Å². The van der Waals surface area contributed by atoms with Crippen LogP contribution in [-0.4, -0.2) is 24.1 Å². The maximum absolute atomic E-state index is 5.10. The number of nitrogens with zero attached hydrogens (tertiary/aromatic N) is 5. The van der Waals surface area contributed by atoms with Crippen molar-refractivity contribution in [3.05, 3.63) is 152 Å². The largest absolute Gasteiger partial charge is 0.309 e. The van der Waals surface area contributed by atoms with E-state index in [0.717, 1.165) is 38.6 Å². The third-order valence-electron chi connectivity index (χ3n) is 8.38. The van der Waals surface area contributed by atoms with E-state index in [0.29, 0.717) is 17.6 Å². The van der Waals surface area contributed by atoms with Crippen LogP contribution in [0.3, 0.4) is 0 Å². The zero-order chi connectivity index (χ0) is 29.0. The van der Waals surface area contributed by atoms with E-state index < -0.39 is 0 Å². The van der Waals surface area contributed by atoms with Gasteiger partial charge in [0.25, 0.3) is 0 Å². The van der Waals surface area contributed by atoms with Crippen LogP contribution >= 0.6 is 0 Å². The first-order valence-corrected chi connectivity index (χ1v) is 14.7. The third kappa shape index (κ3) is 3.76. The molecule has 6 aromatic carbocycles. The fraction of sp³-hybridized carbons (Fsp3) is 0. The van der Waals surface area contributed by atoms with Crippen molar-refractivity contribution in [1.82, 2.24) is 24.1 Å². The highest BCUT2D eigenvalue weighted by atomic mass is 15.2. The standard InChI is InChI=1S/C39H25N5/c1-3-13-26(14-4-1)37-40-38(27-15-5-2-6-16-27)42-39(41-37)44-35-22-12-9-19-31(35)32-24-23-28(25-36(32)44)43-33-20-10-7-17-29(33)30-18-8-11-21-34(30)43/h1-25H. The number of rotatable bonds is 4. The fourth-order valence-corrected chi connectivity index (χ4v) is 6.41. The Balaban J connectivity index is 1.36. The lowest BCUT2D eigenvalue weighted by Crippen LogP contribution is -2.06. The molecule has 0 fully saturated rings. The summed E-state index contributed by atoms with van der Waals surface area (Å²) in [6, 6.07) is 52.6. The molecule has 0 N–H and O–H groups in total. The Labute approximate surface area is 253 Å². The van der Waals surface area contributed by atoms with E-state index in [2.05, 4.69) is 100 Å². The lowest BCUT2D eigenvalue weighted by Gasteiger charge is -2.12. The summed E-state index contributed by atoms with van der Waals surface area (Å²) >= 11 is 0. The van der Waals surface area contributed by atoms with Gasteiger partial charge in [-0.2, -0.15) is 9.97 Å². The van der Waals surface area contributed by atoms with Gasteiger partial charge in [0.05, 0.1) is 22.1 Å². The molecule has 0 unspecified atom stereocenters. The first-order chi connectivity index (χ1) is 21.8. The Hall–Kier alpha value is -6.07. The first-order valence-electron chi connectivity index (χ1n) is 14.7. The average molecular weight is 564 g/mol. The summed E-state index contributed by atoms with van der Waals surface area (Å²) in [5.41, 5.74) is 7.41. The average Bonchev–Trinajstić information content (AvgIpc) is 3.61. The maximum Gasteiger partial charge on any atom is 0.238 e. The van der Waals surface area contributed by atoms with Crippen molar-refractivity contribution in [3.63, 3.8) is 0 Å². The minimum atomic E-state index is 0.586. The van der Waals surface area contributed by atoms with Crippen LogP contribution in [0.2, 0.25) is 0 Å². The summed E-state index contributed by atoms with van der Waals surface area (Å²) in [5, 5.41) is 4.77. The van der Waals surface area contributed by atoms with E-state index in [1.165, 1.54) is 21.8 Å². The molecule has 0 aliphatic heterocycles. The second-order valence-electron chi connectivity index (χ2n) is 10.9. The topological polar surface area (TPSA) is 48.5 Å². The van der Waals surface area contributed by atoms with Crippen molar-refractivity contribution in [1.29, 1.82) is 0 Å². The summed E-state index contributed by atoms with van der Waals surface area (Å²) in [6.45, 7) is 0. The van der Waals surface area contributed by atoms with Gasteiger partial charge in [-0.05, 0) is 30.3 Å². The van der Waals surface area contributed by atoms with Crippen molar-refractivity contribution in [3.8, 4) is 34.4 Å². The zero-order valence-corrected chi connectivity index (χ0v) is 23.7. The monoisotopic (exact) mass is 563 g/mol. The number of aromatic nitrogens is 5. The smallest absolute Gasteiger partial charge is 0.238 e. The molecule has 0 amide bonds. The summed E-state index contributed by atoms with van der Waals surface area (Å²) in [7, 11) is 0. The molecule has 5 nitrogen and oxygen atoms in total. The minimum absolute atomic E-state index is 0.586. The molecule has 206 valence electrons. The molecule has 0 aliphatic carbocycles. The van der Waals surface area contributed by atoms with Crippen LogP contribution in [0.15, 0.2) is 152 Å². The zero-order valence-electron chi connectivity index (χ0n) is 23.7. The van der Waals surface area contributed by atoms with Crippen LogP contribution in [0, 0.1) is 0 Å². The predicted octanol–water partition coefficient (Wildman–Crippen LogP) is 9.40. The SMILES string of the molecule is c1ccc(-c2nc(-c3ccccc3)nc(-n3c4ccccc4c4ccc(-n5c6ccccc6c6ccccc65)cc43)n2)cc1. The van der Waals surface area contributed by atoms with Crippen LogP contribution in [0.4, 0.5) is 0 Å². The molecule has 0 saturated carbocycles. The van der Waals surface area contributed by atoms with E-state index in [4.69, 9.17) is 15.0 Å². The van der Waals surface area contributed by atoms with Crippen LogP contribution in [0.1, 0.15) is 0 Å². The van der Waals surface area contributed by atoms with E-state index in [9.17, 15) is 0 Å². The number of hydrogen-bond donors (Lipinski definition) is 0. The highest BCUT2D eigenvalue weighted by Gasteiger charge is 2.19. The second kappa shape index (κ2) is 9.75. The van der Waals surface area contributed by atoms with Gasteiger partial charge in [0.2, 0.25) is 5.95 Å². The van der Waals surface area contributed by atoms with Crippen molar-refractivity contribution < 1.29 is 0 Å². The van der Waals surface area contributed by atoms with Crippen molar-refractivity contribution in [2.45, 2.75) is 0 Å². The van der Waals surface area contributed by atoms with E-state index in [1.807, 2.05) is 60.7 Å². The maximum atomic E-state index is 5.10. The van der Waals surface area contributed by atoms with Gasteiger partial charge >= 0.3 is 0 Å². The molecule has 3 heterocycles. The number of benzene rings is 6. The first kappa shape index (κ1) is 24.5. The Kier molecular flexibility index (Phi) is 5.43. The molecule has 0 saturated heterocycles. The highest BCUT2D eigenvalue weighted by molar-refractivity contribution is 6.11. The van der Waals surface area contributed by atoms with Crippen LogP contribution in [0.5, 0.6) is 0 Å². The molecule has 3 aromatic heterocycles. The third-order valence-corrected chi connectivity index (χ3v) is 8.38. The molecule has 44 heavy (non-hydrogen) atoms. The molecule has 9 rings (SSSR count). The van der Waals surface area contributed by atoms with Crippen LogP contribution in [0.25, 0.3) is 78.0 Å². The molecule has 0 spiro atoms. The van der Waals surface area contributed by atoms with Gasteiger partial charge in [0, 0.05) is 38.4 Å². The molecular weight excluding hydrogens is 538 g/mol. The minimum Gasteiger partial charge on any atom is -0.309 e. The number of fused-ring (bicyclic) bond motifs is 6. The van der Waals surface area contributed by atoms with Gasteiger partial charge in [-0.1, -0.05) is 121 Å². The Morgan fingerprint density at radius 1 is 0.341 bits per heavy atom. The number of para-hydroxylation sites is 3. The summed E-state index contributed by atoms with van der Waals surface area (Å²) in [5.74, 6) is 1.86. The molecule has 0 radical (unpaired) electrons. The molecular formula is C39H25N5. The van der Waals surface area contributed by atoms with Gasteiger partial charge in [-0.25, -0.2) is 4.98 Å². The Bertz CT molecular complexity index is 2380. The van der Waals surface area contributed by atoms with Crippen molar-refractivity contribution in [2.75, 3.05) is 0 Å².